The number of guanidine groups is 1. The molecule has 4 rings (SSSR count). The molecule has 2 saturated heterocycles. The number of aliphatic imine (C=N–C) groups is 1. The van der Waals surface area contributed by atoms with E-state index in [1.54, 1.807) is 7.05 Å². The van der Waals surface area contributed by atoms with Gasteiger partial charge in [0.25, 0.3) is 0 Å². The zero-order valence-electron chi connectivity index (χ0n) is 12.7. The van der Waals surface area contributed by atoms with Crippen LogP contribution in [0.1, 0.15) is 25.0 Å². The average molecular weight is 299 g/mol. The molecule has 0 aromatic carbocycles. The number of ether oxygens (including phenoxy) is 1. The minimum Gasteiger partial charge on any atom is -0.373 e. The molecule has 6 heteroatoms. The highest BCUT2D eigenvalue weighted by Gasteiger charge is 2.41. The van der Waals surface area contributed by atoms with Crippen molar-refractivity contribution in [3.63, 3.8) is 0 Å². The van der Waals surface area contributed by atoms with E-state index in [-0.39, 0.29) is 0 Å². The molecule has 2 aromatic rings. The van der Waals surface area contributed by atoms with E-state index in [1.807, 2.05) is 35.0 Å². The number of hydrogen-bond acceptors (Lipinski definition) is 3. The van der Waals surface area contributed by atoms with Crippen molar-refractivity contribution in [1.29, 1.82) is 0 Å². The highest BCUT2D eigenvalue weighted by molar-refractivity contribution is 5.80. The lowest BCUT2D eigenvalue weighted by Crippen LogP contribution is -2.47. The Morgan fingerprint density at radius 3 is 3.14 bits per heavy atom. The minimum atomic E-state index is 0.346. The van der Waals surface area contributed by atoms with Crippen LogP contribution in [0.5, 0.6) is 0 Å². The second-order valence-electron chi connectivity index (χ2n) is 5.98. The Balaban J connectivity index is 1.37. The molecule has 0 radical (unpaired) electrons. The summed E-state index contributed by atoms with van der Waals surface area (Å²) in [4.78, 5) is 8.89. The summed E-state index contributed by atoms with van der Waals surface area (Å²) in [5.41, 5.74) is 1.96. The molecule has 2 fully saturated rings. The Bertz CT molecular complexity index is 662. The van der Waals surface area contributed by atoms with Crippen LogP contribution in [0, 0.1) is 0 Å². The van der Waals surface area contributed by atoms with E-state index in [0.29, 0.717) is 24.8 Å². The Hall–Kier alpha value is -2.08. The third-order valence-corrected chi connectivity index (χ3v) is 4.50. The summed E-state index contributed by atoms with van der Waals surface area (Å²) in [7, 11) is 1.80. The molecule has 6 nitrogen and oxygen atoms in total. The lowest BCUT2D eigenvalue weighted by molar-refractivity contribution is 0.0992. The first-order valence-corrected chi connectivity index (χ1v) is 7.87. The first kappa shape index (κ1) is 13.6. The van der Waals surface area contributed by atoms with Gasteiger partial charge in [0.05, 0.1) is 30.5 Å². The van der Waals surface area contributed by atoms with Crippen LogP contribution in [-0.2, 0) is 11.3 Å². The van der Waals surface area contributed by atoms with Gasteiger partial charge in [0.1, 0.15) is 5.65 Å². The number of nitrogens with zero attached hydrogens (tertiary/aromatic N) is 3. The van der Waals surface area contributed by atoms with Crippen LogP contribution in [0.15, 0.2) is 35.6 Å². The number of nitrogens with one attached hydrogen (secondary N) is 2. The van der Waals surface area contributed by atoms with E-state index in [1.165, 1.54) is 6.42 Å². The second-order valence-corrected chi connectivity index (χ2v) is 5.98. The third-order valence-electron chi connectivity index (χ3n) is 4.50. The predicted octanol–water partition coefficient (Wildman–Crippen LogP) is 1.32. The van der Waals surface area contributed by atoms with Crippen LogP contribution in [0.4, 0.5) is 0 Å². The third kappa shape index (κ3) is 2.54. The van der Waals surface area contributed by atoms with Gasteiger partial charge in [0.2, 0.25) is 0 Å². The summed E-state index contributed by atoms with van der Waals surface area (Å²) < 4.78 is 7.90. The minimum absolute atomic E-state index is 0.346. The molecule has 2 aliphatic rings. The Labute approximate surface area is 129 Å². The SMILES string of the molecule is CN=C(NCc1cn2ccccc2n1)NC1CC2CCC1O2. The molecule has 116 valence electrons. The van der Waals surface area contributed by atoms with Gasteiger partial charge in [0, 0.05) is 19.4 Å². The van der Waals surface area contributed by atoms with E-state index >= 15 is 0 Å². The molecule has 2 N–H and O–H groups in total. The summed E-state index contributed by atoms with van der Waals surface area (Å²) >= 11 is 0. The monoisotopic (exact) mass is 299 g/mol. The maximum atomic E-state index is 5.87. The molecule has 0 amide bonds. The quantitative estimate of drug-likeness (QED) is 0.663. The number of imidazole rings is 1. The largest absolute Gasteiger partial charge is 0.373 e. The Morgan fingerprint density at radius 1 is 1.45 bits per heavy atom. The lowest BCUT2D eigenvalue weighted by atomic mass is 9.96. The fourth-order valence-corrected chi connectivity index (χ4v) is 3.41. The molecule has 3 unspecified atom stereocenters. The van der Waals surface area contributed by atoms with Gasteiger partial charge in [-0.1, -0.05) is 6.07 Å². The molecule has 0 aliphatic carbocycles. The van der Waals surface area contributed by atoms with Crippen LogP contribution in [0.3, 0.4) is 0 Å². The van der Waals surface area contributed by atoms with Crippen LogP contribution < -0.4 is 10.6 Å². The number of pyridine rings is 1. The zero-order valence-corrected chi connectivity index (χ0v) is 12.7. The fraction of sp³-hybridized carbons (Fsp3) is 0.500. The summed E-state index contributed by atoms with van der Waals surface area (Å²) in [6.07, 6.45) is 8.28. The number of fused-ring (bicyclic) bond motifs is 3. The van der Waals surface area contributed by atoms with Gasteiger partial charge < -0.3 is 19.8 Å². The van der Waals surface area contributed by atoms with Crippen molar-refractivity contribution in [1.82, 2.24) is 20.0 Å². The standard InChI is InChI=1S/C16H21N5O/c1-17-16(20-13-8-12-5-6-14(13)22-12)18-9-11-10-21-7-3-2-4-15(21)19-11/h2-4,7,10,12-14H,5-6,8-9H2,1H3,(H2,17,18,20). The van der Waals surface area contributed by atoms with Gasteiger partial charge in [-0.3, -0.25) is 4.99 Å². The smallest absolute Gasteiger partial charge is 0.191 e. The summed E-state index contributed by atoms with van der Waals surface area (Å²) in [5, 5.41) is 6.82. The van der Waals surface area contributed by atoms with Crippen molar-refractivity contribution >= 4 is 11.6 Å². The van der Waals surface area contributed by atoms with E-state index in [2.05, 4.69) is 20.6 Å². The van der Waals surface area contributed by atoms with Crippen LogP contribution in [0.25, 0.3) is 5.65 Å². The van der Waals surface area contributed by atoms with Gasteiger partial charge in [0.15, 0.2) is 5.96 Å². The van der Waals surface area contributed by atoms with Gasteiger partial charge >= 0.3 is 0 Å². The highest BCUT2D eigenvalue weighted by atomic mass is 16.5. The molecule has 3 atom stereocenters. The van der Waals surface area contributed by atoms with Crippen LogP contribution in [0.2, 0.25) is 0 Å². The molecular formula is C16H21N5O. The normalized spacial score (nSPS) is 27.5. The van der Waals surface area contributed by atoms with Gasteiger partial charge in [-0.2, -0.15) is 0 Å². The van der Waals surface area contributed by atoms with Crippen molar-refractivity contribution in [2.75, 3.05) is 7.05 Å². The summed E-state index contributed by atoms with van der Waals surface area (Å²) in [5.74, 6) is 0.818. The first-order chi connectivity index (χ1) is 10.8. The first-order valence-electron chi connectivity index (χ1n) is 7.87. The number of aromatic nitrogens is 2. The van der Waals surface area contributed by atoms with Gasteiger partial charge in [-0.05, 0) is 31.4 Å². The Kier molecular flexibility index (Phi) is 3.46. The summed E-state index contributed by atoms with van der Waals surface area (Å²) in [6, 6.07) is 6.38. The predicted molar refractivity (Wildman–Crippen MR) is 84.8 cm³/mol. The second kappa shape index (κ2) is 5.61. The van der Waals surface area contributed by atoms with Crippen molar-refractivity contribution < 1.29 is 4.74 Å². The number of rotatable bonds is 3. The van der Waals surface area contributed by atoms with E-state index in [9.17, 15) is 0 Å². The molecule has 4 heterocycles. The van der Waals surface area contributed by atoms with Crippen molar-refractivity contribution in [3.8, 4) is 0 Å². The maximum absolute atomic E-state index is 5.87. The number of hydrogen-bond donors (Lipinski definition) is 2. The zero-order chi connectivity index (χ0) is 14.9. The highest BCUT2D eigenvalue weighted by Crippen LogP contribution is 2.34. The Morgan fingerprint density at radius 2 is 2.41 bits per heavy atom. The van der Waals surface area contributed by atoms with Gasteiger partial charge in [-0.25, -0.2) is 4.98 Å². The maximum Gasteiger partial charge on any atom is 0.191 e. The molecule has 0 saturated carbocycles. The van der Waals surface area contributed by atoms with Crippen molar-refractivity contribution in [2.24, 2.45) is 4.99 Å². The summed E-state index contributed by atoms with van der Waals surface area (Å²) in [6.45, 7) is 0.656. The molecule has 2 aliphatic heterocycles. The molecule has 2 bridgehead atoms. The fourth-order valence-electron chi connectivity index (χ4n) is 3.41. The lowest BCUT2D eigenvalue weighted by Gasteiger charge is -2.22. The molecule has 22 heavy (non-hydrogen) atoms. The average Bonchev–Trinajstić information content (AvgIpc) is 3.25. The molecular weight excluding hydrogens is 278 g/mol. The van der Waals surface area contributed by atoms with Crippen molar-refractivity contribution in [2.45, 2.75) is 44.1 Å². The van der Waals surface area contributed by atoms with E-state index in [4.69, 9.17) is 4.74 Å². The van der Waals surface area contributed by atoms with E-state index in [0.717, 1.165) is 30.1 Å². The van der Waals surface area contributed by atoms with E-state index < -0.39 is 0 Å². The van der Waals surface area contributed by atoms with Crippen LogP contribution >= 0.6 is 0 Å². The van der Waals surface area contributed by atoms with Gasteiger partial charge in [-0.15, -0.1) is 0 Å². The topological polar surface area (TPSA) is 63.0 Å². The molecule has 2 aromatic heterocycles. The molecule has 0 spiro atoms. The van der Waals surface area contributed by atoms with Crippen molar-refractivity contribution in [3.05, 3.63) is 36.3 Å². The van der Waals surface area contributed by atoms with Crippen LogP contribution in [-0.4, -0.2) is 40.6 Å².